The molecule has 19 heteroatoms. The molecule has 5 atom stereocenters. The lowest BCUT2D eigenvalue weighted by Gasteiger charge is -2.21. The van der Waals surface area contributed by atoms with E-state index in [0.29, 0.717) is 31.6 Å². The largest absolute Gasteiger partial charge is 0.472 e. The molecular formula is C77H150O17P2. The molecule has 0 amide bonds. The van der Waals surface area contributed by atoms with E-state index in [0.717, 1.165) is 103 Å². The average molecular weight is 1410 g/mol. The van der Waals surface area contributed by atoms with Crippen LogP contribution in [-0.4, -0.2) is 96.7 Å². The third-order valence-corrected chi connectivity index (χ3v) is 19.9. The Hall–Kier alpha value is -1.94. The summed E-state index contributed by atoms with van der Waals surface area (Å²) in [5, 5.41) is 10.6. The number of ether oxygens (including phenoxy) is 4. The minimum absolute atomic E-state index is 0.104. The summed E-state index contributed by atoms with van der Waals surface area (Å²) in [6.07, 6.45) is 60.2. The first-order valence-corrected chi connectivity index (χ1v) is 43.1. The zero-order chi connectivity index (χ0) is 70.5. The summed E-state index contributed by atoms with van der Waals surface area (Å²) >= 11 is 0. The maximum absolute atomic E-state index is 13.1. The summed E-state index contributed by atoms with van der Waals surface area (Å²) in [4.78, 5) is 72.6. The molecule has 0 bridgehead atoms. The molecule has 570 valence electrons. The van der Waals surface area contributed by atoms with E-state index in [1.807, 2.05) is 0 Å². The van der Waals surface area contributed by atoms with Gasteiger partial charge in [0.2, 0.25) is 0 Å². The van der Waals surface area contributed by atoms with E-state index < -0.39 is 97.5 Å². The van der Waals surface area contributed by atoms with Gasteiger partial charge >= 0.3 is 39.5 Å². The number of aliphatic hydroxyl groups is 1. The Morgan fingerprint density at radius 3 is 0.708 bits per heavy atom. The zero-order valence-electron chi connectivity index (χ0n) is 62.5. The SMILES string of the molecule is CCCCCCCCCCCCCCCCCCCCCCCC(=O)O[C@H](COC(=O)CCCCCCCCCCCCCCCCCCCC)COP(=O)(O)OC[C@@H](O)COP(=O)(O)OC[C@@H](COC(=O)CCCCCCCCC)OC(=O)CCCCCCCCCC(C)C. The van der Waals surface area contributed by atoms with Crippen molar-refractivity contribution < 1.29 is 80.2 Å². The van der Waals surface area contributed by atoms with Crippen molar-refractivity contribution in [1.82, 2.24) is 0 Å². The molecule has 0 aromatic carbocycles. The number of carbonyl (C=O) groups excluding carboxylic acids is 4. The number of aliphatic hydroxyl groups excluding tert-OH is 1. The van der Waals surface area contributed by atoms with Crippen LogP contribution in [-0.2, 0) is 65.4 Å². The number of phosphoric acid groups is 2. The Balaban J connectivity index is 5.15. The standard InChI is InChI=1S/C77H150O17P2/c1-6-9-12-15-18-20-22-24-26-28-30-31-32-34-36-38-40-42-47-52-57-62-76(81)93-73(67-88-75(80)61-56-51-46-41-39-37-35-33-29-27-25-23-21-19-16-13-10-7-2)69-92-96(85,86)90-65-71(78)64-89-95(83,84)91-68-72(66-87-74(79)60-55-50-44-17-14-11-8-3)94-77(82)63-58-53-48-43-45-49-54-59-70(4)5/h70-73,78H,6-69H2,1-5H3,(H,83,84)(H,85,86)/t71-,72+,73+/m0/s1. The fraction of sp³-hybridized carbons (Fsp3) is 0.948. The normalized spacial score (nSPS) is 13.9. The van der Waals surface area contributed by atoms with Crippen molar-refractivity contribution in [2.45, 2.75) is 425 Å². The quantitative estimate of drug-likeness (QED) is 0.0222. The van der Waals surface area contributed by atoms with Crippen molar-refractivity contribution in [3.63, 3.8) is 0 Å². The number of hydrogen-bond acceptors (Lipinski definition) is 15. The van der Waals surface area contributed by atoms with Crippen molar-refractivity contribution in [2.24, 2.45) is 5.92 Å². The molecule has 0 fully saturated rings. The molecule has 3 N–H and O–H groups in total. The predicted molar refractivity (Wildman–Crippen MR) is 391 cm³/mol. The van der Waals surface area contributed by atoms with E-state index in [9.17, 15) is 43.2 Å². The minimum atomic E-state index is -4.96. The van der Waals surface area contributed by atoms with Gasteiger partial charge in [0.1, 0.15) is 19.3 Å². The second-order valence-corrected chi connectivity index (χ2v) is 31.1. The van der Waals surface area contributed by atoms with Crippen LogP contribution in [0.2, 0.25) is 0 Å². The van der Waals surface area contributed by atoms with E-state index in [-0.39, 0.29) is 25.7 Å². The minimum Gasteiger partial charge on any atom is -0.462 e. The van der Waals surface area contributed by atoms with Gasteiger partial charge in [-0.2, -0.15) is 0 Å². The lowest BCUT2D eigenvalue weighted by atomic mass is 10.0. The average Bonchev–Trinajstić information content (AvgIpc) is 2.17. The first kappa shape index (κ1) is 94.1. The molecule has 96 heavy (non-hydrogen) atoms. The summed E-state index contributed by atoms with van der Waals surface area (Å²) in [7, 11) is -9.90. The fourth-order valence-corrected chi connectivity index (χ4v) is 13.5. The zero-order valence-corrected chi connectivity index (χ0v) is 64.3. The Kier molecular flexibility index (Phi) is 68.7. The number of unbranched alkanes of at least 4 members (excludes halogenated alkanes) is 49. The molecule has 0 aliphatic heterocycles. The first-order chi connectivity index (χ1) is 46.5. The fourth-order valence-electron chi connectivity index (χ4n) is 11.9. The molecule has 0 heterocycles. The van der Waals surface area contributed by atoms with E-state index in [1.165, 1.54) is 218 Å². The lowest BCUT2D eigenvalue weighted by Crippen LogP contribution is -2.30. The van der Waals surface area contributed by atoms with Gasteiger partial charge in [0, 0.05) is 25.7 Å². The Labute approximate surface area is 588 Å². The van der Waals surface area contributed by atoms with Crippen LogP contribution in [0.15, 0.2) is 0 Å². The first-order valence-electron chi connectivity index (χ1n) is 40.1. The summed E-state index contributed by atoms with van der Waals surface area (Å²) in [5.41, 5.74) is 0. The molecule has 17 nitrogen and oxygen atoms in total. The van der Waals surface area contributed by atoms with Crippen LogP contribution in [0.3, 0.4) is 0 Å². The molecule has 0 aliphatic rings. The van der Waals surface area contributed by atoms with Gasteiger partial charge in [-0.15, -0.1) is 0 Å². The van der Waals surface area contributed by atoms with Gasteiger partial charge in [-0.3, -0.25) is 37.3 Å². The van der Waals surface area contributed by atoms with Gasteiger partial charge in [0.05, 0.1) is 26.4 Å². The molecule has 0 saturated carbocycles. The van der Waals surface area contributed by atoms with Crippen LogP contribution >= 0.6 is 15.6 Å². The summed E-state index contributed by atoms with van der Waals surface area (Å²) in [5.74, 6) is -1.43. The highest BCUT2D eigenvalue weighted by Gasteiger charge is 2.30. The molecule has 0 aliphatic carbocycles. The maximum Gasteiger partial charge on any atom is 0.472 e. The number of hydrogen-bond donors (Lipinski definition) is 3. The van der Waals surface area contributed by atoms with Crippen LogP contribution < -0.4 is 0 Å². The Morgan fingerprint density at radius 2 is 0.479 bits per heavy atom. The van der Waals surface area contributed by atoms with Gasteiger partial charge < -0.3 is 33.8 Å². The number of phosphoric ester groups is 2. The van der Waals surface area contributed by atoms with Gasteiger partial charge in [0.15, 0.2) is 12.2 Å². The number of rotatable bonds is 77. The Bertz CT molecular complexity index is 1840. The van der Waals surface area contributed by atoms with Crippen molar-refractivity contribution in [3.8, 4) is 0 Å². The highest BCUT2D eigenvalue weighted by atomic mass is 31.2. The van der Waals surface area contributed by atoms with E-state index in [2.05, 4.69) is 34.6 Å². The molecule has 0 radical (unpaired) electrons. The number of esters is 4. The summed E-state index contributed by atoms with van der Waals surface area (Å²) in [6, 6.07) is 0. The van der Waals surface area contributed by atoms with Crippen LogP contribution in [0.4, 0.5) is 0 Å². The van der Waals surface area contributed by atoms with Gasteiger partial charge in [-0.1, -0.05) is 356 Å². The van der Waals surface area contributed by atoms with Crippen molar-refractivity contribution in [2.75, 3.05) is 39.6 Å². The topological polar surface area (TPSA) is 237 Å². The van der Waals surface area contributed by atoms with Crippen LogP contribution in [0.25, 0.3) is 0 Å². The third-order valence-electron chi connectivity index (χ3n) is 18.0. The third kappa shape index (κ3) is 70.5. The predicted octanol–water partition coefficient (Wildman–Crippen LogP) is 22.9. The maximum atomic E-state index is 13.1. The summed E-state index contributed by atoms with van der Waals surface area (Å²) in [6.45, 7) is 7.18. The van der Waals surface area contributed by atoms with E-state index in [4.69, 9.17) is 37.0 Å². The number of carbonyl (C=O) groups is 4. The van der Waals surface area contributed by atoms with Gasteiger partial charge in [-0.25, -0.2) is 9.13 Å². The van der Waals surface area contributed by atoms with Gasteiger partial charge in [0.25, 0.3) is 0 Å². The Morgan fingerprint density at radius 1 is 0.281 bits per heavy atom. The van der Waals surface area contributed by atoms with Crippen molar-refractivity contribution in [3.05, 3.63) is 0 Å². The van der Waals surface area contributed by atoms with Crippen molar-refractivity contribution >= 4 is 39.5 Å². The lowest BCUT2D eigenvalue weighted by molar-refractivity contribution is -0.161. The molecule has 0 spiro atoms. The van der Waals surface area contributed by atoms with Gasteiger partial charge in [-0.05, 0) is 31.6 Å². The van der Waals surface area contributed by atoms with E-state index >= 15 is 0 Å². The van der Waals surface area contributed by atoms with Crippen LogP contribution in [0.5, 0.6) is 0 Å². The smallest absolute Gasteiger partial charge is 0.462 e. The monoisotopic (exact) mass is 1410 g/mol. The second-order valence-electron chi connectivity index (χ2n) is 28.2. The van der Waals surface area contributed by atoms with E-state index in [1.54, 1.807) is 0 Å². The highest BCUT2D eigenvalue weighted by Crippen LogP contribution is 2.45. The molecule has 2 unspecified atom stereocenters. The highest BCUT2D eigenvalue weighted by molar-refractivity contribution is 7.47. The molecule has 0 aromatic heterocycles. The van der Waals surface area contributed by atoms with Crippen LogP contribution in [0, 0.1) is 5.92 Å². The molecule has 0 saturated heterocycles. The molecular weight excluding hydrogens is 1260 g/mol. The second kappa shape index (κ2) is 70.1. The molecule has 0 rings (SSSR count). The van der Waals surface area contributed by atoms with Crippen LogP contribution in [0.1, 0.15) is 407 Å². The summed E-state index contributed by atoms with van der Waals surface area (Å²) < 4.78 is 68.4. The molecule has 0 aromatic rings. The van der Waals surface area contributed by atoms with Crippen molar-refractivity contribution in [1.29, 1.82) is 0 Å².